The molecule has 0 saturated carbocycles. The summed E-state index contributed by atoms with van der Waals surface area (Å²) in [6.45, 7) is 3.72. The van der Waals surface area contributed by atoms with Crippen LogP contribution in [-0.2, 0) is 11.3 Å². The van der Waals surface area contributed by atoms with E-state index in [2.05, 4.69) is 0 Å². The number of hydrogen-bond acceptors (Lipinski definition) is 2. The van der Waals surface area contributed by atoms with E-state index in [1.165, 1.54) is 4.57 Å². The molecule has 0 unspecified atom stereocenters. The second-order valence-corrected chi connectivity index (χ2v) is 5.07. The Hall–Kier alpha value is -2.56. The van der Waals surface area contributed by atoms with Crippen molar-refractivity contribution in [2.45, 2.75) is 20.4 Å². The second kappa shape index (κ2) is 5.83. The highest BCUT2D eigenvalue weighted by molar-refractivity contribution is 6.05. The molecule has 1 aromatic heterocycles. The normalized spacial score (nSPS) is 10.4. The van der Waals surface area contributed by atoms with Crippen LogP contribution in [0.15, 0.2) is 36.5 Å². The second-order valence-electron chi connectivity index (χ2n) is 5.07. The molecule has 0 radical (unpaired) electrons. The summed E-state index contributed by atoms with van der Waals surface area (Å²) in [7, 11) is 1.69. The first kappa shape index (κ1) is 14.8. The van der Waals surface area contributed by atoms with Crippen molar-refractivity contribution in [3.8, 4) is 0 Å². The van der Waals surface area contributed by atoms with E-state index in [0.717, 1.165) is 16.8 Å². The number of carboxylic acid groups (broad SMARTS) is 1. The molecule has 2 rings (SSSR count). The number of anilines is 1. The monoisotopic (exact) mass is 286 g/mol. The Morgan fingerprint density at radius 3 is 2.57 bits per heavy atom. The summed E-state index contributed by atoms with van der Waals surface area (Å²) in [6, 6.07) is 9.15. The molecule has 5 heteroatoms. The first-order valence-corrected chi connectivity index (χ1v) is 6.62. The van der Waals surface area contributed by atoms with E-state index < -0.39 is 5.97 Å². The van der Waals surface area contributed by atoms with Crippen molar-refractivity contribution in [2.75, 3.05) is 11.9 Å². The van der Waals surface area contributed by atoms with Crippen molar-refractivity contribution >= 4 is 17.6 Å². The minimum Gasteiger partial charge on any atom is -0.480 e. The van der Waals surface area contributed by atoms with Crippen LogP contribution in [-0.4, -0.2) is 28.6 Å². The van der Waals surface area contributed by atoms with Crippen LogP contribution in [0, 0.1) is 13.8 Å². The number of aromatic nitrogens is 1. The summed E-state index contributed by atoms with van der Waals surface area (Å²) in [5.41, 5.74) is 3.31. The van der Waals surface area contributed by atoms with Crippen molar-refractivity contribution in [3.05, 3.63) is 53.3 Å². The molecule has 1 heterocycles. The lowest BCUT2D eigenvalue weighted by atomic mass is 10.1. The number of nitrogens with zero attached hydrogens (tertiary/aromatic N) is 2. The number of aliphatic carboxylic acids is 1. The minimum absolute atomic E-state index is 0.227. The quantitative estimate of drug-likeness (QED) is 0.939. The van der Waals surface area contributed by atoms with Gasteiger partial charge in [0.05, 0.1) is 0 Å². The predicted molar refractivity (Wildman–Crippen MR) is 80.7 cm³/mol. The highest BCUT2D eigenvalue weighted by Gasteiger charge is 2.19. The molecule has 0 bridgehead atoms. The molecule has 1 amide bonds. The van der Waals surface area contributed by atoms with Gasteiger partial charge in [0.15, 0.2) is 0 Å². The number of carbonyl (C=O) groups excluding carboxylic acids is 1. The molecule has 0 spiro atoms. The Kier molecular flexibility index (Phi) is 4.12. The number of carbonyl (C=O) groups is 2. The maximum absolute atomic E-state index is 12.6. The van der Waals surface area contributed by atoms with E-state index in [4.69, 9.17) is 5.11 Å². The van der Waals surface area contributed by atoms with E-state index in [-0.39, 0.29) is 12.5 Å². The molecule has 0 fully saturated rings. The topological polar surface area (TPSA) is 62.5 Å². The summed E-state index contributed by atoms with van der Waals surface area (Å²) in [5, 5.41) is 8.88. The van der Waals surface area contributed by atoms with Gasteiger partial charge in [-0.25, -0.2) is 0 Å². The average Bonchev–Trinajstić information content (AvgIpc) is 2.84. The third-order valence-electron chi connectivity index (χ3n) is 3.37. The van der Waals surface area contributed by atoms with Gasteiger partial charge in [0, 0.05) is 18.9 Å². The van der Waals surface area contributed by atoms with Gasteiger partial charge < -0.3 is 14.6 Å². The summed E-state index contributed by atoms with van der Waals surface area (Å²) in [5.74, 6) is -1.21. The van der Waals surface area contributed by atoms with Crippen LogP contribution in [0.2, 0.25) is 0 Å². The molecule has 21 heavy (non-hydrogen) atoms. The van der Waals surface area contributed by atoms with E-state index in [9.17, 15) is 9.59 Å². The maximum atomic E-state index is 12.6. The van der Waals surface area contributed by atoms with Crippen molar-refractivity contribution in [3.63, 3.8) is 0 Å². The summed E-state index contributed by atoms with van der Waals surface area (Å²) in [4.78, 5) is 24.9. The molecule has 0 aliphatic heterocycles. The molecule has 110 valence electrons. The van der Waals surface area contributed by atoms with Crippen LogP contribution in [0.3, 0.4) is 0 Å². The summed E-state index contributed by atoms with van der Waals surface area (Å²) in [6.07, 6.45) is 1.59. The Labute approximate surface area is 123 Å². The summed E-state index contributed by atoms with van der Waals surface area (Å²) < 4.78 is 1.44. The van der Waals surface area contributed by atoms with Gasteiger partial charge >= 0.3 is 5.97 Å². The molecule has 2 aromatic rings. The highest BCUT2D eigenvalue weighted by atomic mass is 16.4. The van der Waals surface area contributed by atoms with E-state index in [0.29, 0.717) is 5.69 Å². The van der Waals surface area contributed by atoms with Crippen LogP contribution >= 0.6 is 0 Å². The van der Waals surface area contributed by atoms with Gasteiger partial charge in [-0.15, -0.1) is 0 Å². The first-order chi connectivity index (χ1) is 9.90. The van der Waals surface area contributed by atoms with Crippen molar-refractivity contribution in [1.82, 2.24) is 4.57 Å². The van der Waals surface area contributed by atoms with Gasteiger partial charge in [-0.2, -0.15) is 0 Å². The van der Waals surface area contributed by atoms with Gasteiger partial charge in [-0.05, 0) is 37.6 Å². The number of benzene rings is 1. The van der Waals surface area contributed by atoms with E-state index in [1.54, 1.807) is 30.3 Å². The third-order valence-corrected chi connectivity index (χ3v) is 3.37. The number of carboxylic acids is 1. The van der Waals surface area contributed by atoms with Crippen LogP contribution in [0.1, 0.15) is 21.6 Å². The maximum Gasteiger partial charge on any atom is 0.323 e. The van der Waals surface area contributed by atoms with Crippen molar-refractivity contribution in [2.24, 2.45) is 0 Å². The smallest absolute Gasteiger partial charge is 0.323 e. The van der Waals surface area contributed by atoms with Gasteiger partial charge in [-0.3, -0.25) is 9.59 Å². The van der Waals surface area contributed by atoms with Crippen LogP contribution in [0.25, 0.3) is 0 Å². The molecular weight excluding hydrogens is 268 g/mol. The molecule has 0 saturated heterocycles. The van der Waals surface area contributed by atoms with E-state index >= 15 is 0 Å². The minimum atomic E-state index is -0.977. The molecule has 1 N–H and O–H groups in total. The molecule has 1 aromatic carbocycles. The Morgan fingerprint density at radius 1 is 1.24 bits per heavy atom. The lowest BCUT2D eigenvalue weighted by molar-refractivity contribution is -0.137. The fraction of sp³-hybridized carbons (Fsp3) is 0.250. The fourth-order valence-corrected chi connectivity index (χ4v) is 2.35. The SMILES string of the molecule is Cc1ccc(N(C)C(=O)c2cccn2CC(=O)O)c(C)c1. The first-order valence-electron chi connectivity index (χ1n) is 6.62. The molecule has 0 aliphatic rings. The van der Waals surface area contributed by atoms with Gasteiger partial charge in [-0.1, -0.05) is 17.7 Å². The van der Waals surface area contributed by atoms with Gasteiger partial charge in [0.2, 0.25) is 0 Å². The third kappa shape index (κ3) is 3.13. The number of amides is 1. The Balaban J connectivity index is 2.31. The van der Waals surface area contributed by atoms with Gasteiger partial charge in [0.1, 0.15) is 12.2 Å². The average molecular weight is 286 g/mol. The predicted octanol–water partition coefficient (Wildman–Crippen LogP) is 2.47. The number of aryl methyl sites for hydroxylation is 2. The van der Waals surface area contributed by atoms with E-state index in [1.807, 2.05) is 32.0 Å². The largest absolute Gasteiger partial charge is 0.480 e. The fourth-order valence-electron chi connectivity index (χ4n) is 2.35. The zero-order valence-corrected chi connectivity index (χ0v) is 12.3. The zero-order valence-electron chi connectivity index (χ0n) is 12.3. The molecular formula is C16H18N2O3. The molecule has 0 aliphatic carbocycles. The Morgan fingerprint density at radius 2 is 1.95 bits per heavy atom. The standard InChI is InChI=1S/C16H18N2O3/c1-11-6-7-13(12(2)9-11)17(3)16(21)14-5-4-8-18(14)10-15(19)20/h4-9H,10H2,1-3H3,(H,19,20). The van der Waals surface area contributed by atoms with Crippen LogP contribution in [0.4, 0.5) is 5.69 Å². The molecule has 5 nitrogen and oxygen atoms in total. The van der Waals surface area contributed by atoms with Crippen molar-refractivity contribution < 1.29 is 14.7 Å². The number of hydrogen-bond donors (Lipinski definition) is 1. The zero-order chi connectivity index (χ0) is 15.6. The lowest BCUT2D eigenvalue weighted by Gasteiger charge is -2.20. The molecule has 0 atom stereocenters. The van der Waals surface area contributed by atoms with Gasteiger partial charge in [0.25, 0.3) is 5.91 Å². The van der Waals surface area contributed by atoms with Crippen LogP contribution < -0.4 is 4.90 Å². The summed E-state index contributed by atoms with van der Waals surface area (Å²) >= 11 is 0. The highest BCUT2D eigenvalue weighted by Crippen LogP contribution is 2.21. The van der Waals surface area contributed by atoms with Crippen LogP contribution in [0.5, 0.6) is 0 Å². The Bertz CT molecular complexity index is 689. The lowest BCUT2D eigenvalue weighted by Crippen LogP contribution is -2.29. The van der Waals surface area contributed by atoms with Crippen molar-refractivity contribution in [1.29, 1.82) is 0 Å². The number of rotatable bonds is 4.